The van der Waals surface area contributed by atoms with Crippen LogP contribution in [0.2, 0.25) is 0 Å². The molecule has 3 aromatic rings. The van der Waals surface area contributed by atoms with Gasteiger partial charge in [-0.1, -0.05) is 18.2 Å². The van der Waals surface area contributed by atoms with Crippen LogP contribution in [0.25, 0.3) is 16.3 Å². The van der Waals surface area contributed by atoms with Crippen LogP contribution in [0.3, 0.4) is 0 Å². The number of nitrogens with one attached hydrogen (secondary N) is 1. The molecule has 4 rings (SSSR count). The summed E-state index contributed by atoms with van der Waals surface area (Å²) in [5.41, 5.74) is -3.87. The van der Waals surface area contributed by atoms with Gasteiger partial charge in [-0.05, 0) is 36.3 Å². The zero-order valence-corrected chi connectivity index (χ0v) is 17.0. The largest absolute Gasteiger partial charge is 0.504 e. The molecular formula is C22H19F4N3O3. The number of phenols is 1. The van der Waals surface area contributed by atoms with Crippen molar-refractivity contribution in [3.8, 4) is 5.75 Å². The van der Waals surface area contributed by atoms with Gasteiger partial charge in [-0.2, -0.15) is 18.3 Å². The Balaban J connectivity index is 1.98. The van der Waals surface area contributed by atoms with Gasteiger partial charge in [-0.25, -0.2) is 9.07 Å². The molecule has 1 heterocycles. The smallest absolute Gasteiger partial charge is 0.419 e. The minimum absolute atomic E-state index is 0.0386. The first-order valence-corrected chi connectivity index (χ1v) is 9.67. The number of anilines is 1. The van der Waals surface area contributed by atoms with E-state index in [1.54, 1.807) is 0 Å². The van der Waals surface area contributed by atoms with Crippen molar-refractivity contribution in [1.82, 2.24) is 9.78 Å². The maximum atomic E-state index is 14.2. The van der Waals surface area contributed by atoms with Crippen molar-refractivity contribution in [2.45, 2.75) is 31.2 Å². The van der Waals surface area contributed by atoms with Crippen LogP contribution in [0.5, 0.6) is 5.75 Å². The Kier molecular flexibility index (Phi) is 5.00. The highest BCUT2D eigenvalue weighted by Crippen LogP contribution is 2.54. The van der Waals surface area contributed by atoms with Gasteiger partial charge in [0.05, 0.1) is 17.6 Å². The van der Waals surface area contributed by atoms with E-state index >= 15 is 0 Å². The fraction of sp³-hybridized carbons (Fsp3) is 0.273. The highest BCUT2D eigenvalue weighted by molar-refractivity contribution is 5.93. The molecule has 0 fully saturated rings. The predicted octanol–water partition coefficient (Wildman–Crippen LogP) is 4.03. The Labute approximate surface area is 179 Å². The second-order valence-corrected chi connectivity index (χ2v) is 7.69. The molecule has 0 amide bonds. The molecular weight excluding hydrogens is 430 g/mol. The summed E-state index contributed by atoms with van der Waals surface area (Å²) >= 11 is 0. The first-order chi connectivity index (χ1) is 15.0. The number of allylic oxidation sites excluding steroid dienone is 1. The predicted molar refractivity (Wildman–Crippen MR) is 111 cm³/mol. The summed E-state index contributed by atoms with van der Waals surface area (Å²) in [4.78, 5) is 12.4. The lowest BCUT2D eigenvalue weighted by atomic mass is 9.72. The van der Waals surface area contributed by atoms with Crippen molar-refractivity contribution in [2.75, 3.05) is 5.32 Å². The molecule has 2 atom stereocenters. The minimum Gasteiger partial charge on any atom is -0.504 e. The number of aliphatic hydroxyl groups is 1. The summed E-state index contributed by atoms with van der Waals surface area (Å²) in [7, 11) is 1.44. The van der Waals surface area contributed by atoms with E-state index in [1.807, 2.05) is 0 Å². The summed E-state index contributed by atoms with van der Waals surface area (Å²) in [6.45, 7) is 1.44. The molecule has 0 saturated heterocycles. The molecule has 10 heteroatoms. The number of phenolic OH excluding ortho intramolecular Hbond substituents is 1. The quantitative estimate of drug-likeness (QED) is 0.515. The van der Waals surface area contributed by atoms with Crippen LogP contribution in [0.15, 0.2) is 47.4 Å². The monoisotopic (exact) mass is 449 g/mol. The zero-order chi connectivity index (χ0) is 23.4. The van der Waals surface area contributed by atoms with Crippen molar-refractivity contribution in [1.29, 1.82) is 0 Å². The fourth-order valence-corrected chi connectivity index (χ4v) is 4.15. The van der Waals surface area contributed by atoms with E-state index < -0.39 is 41.4 Å². The summed E-state index contributed by atoms with van der Waals surface area (Å²) in [5, 5.41) is 28.3. The minimum atomic E-state index is -5.07. The highest BCUT2D eigenvalue weighted by Gasteiger charge is 2.61. The average molecular weight is 449 g/mol. The van der Waals surface area contributed by atoms with Crippen molar-refractivity contribution in [2.24, 2.45) is 7.05 Å². The Morgan fingerprint density at radius 1 is 1.25 bits per heavy atom. The molecule has 1 aromatic heterocycles. The van der Waals surface area contributed by atoms with Crippen molar-refractivity contribution < 1.29 is 27.8 Å². The molecule has 0 saturated carbocycles. The molecule has 2 aromatic carbocycles. The Hall–Kier alpha value is -3.40. The molecule has 0 spiro atoms. The van der Waals surface area contributed by atoms with Gasteiger partial charge in [0.25, 0.3) is 5.56 Å². The van der Waals surface area contributed by atoms with E-state index in [2.05, 4.69) is 10.4 Å². The summed E-state index contributed by atoms with van der Waals surface area (Å²) < 4.78 is 57.7. The first-order valence-electron chi connectivity index (χ1n) is 9.67. The van der Waals surface area contributed by atoms with E-state index in [1.165, 1.54) is 44.4 Å². The average Bonchev–Trinajstić information content (AvgIpc) is 2.74. The van der Waals surface area contributed by atoms with E-state index in [4.69, 9.17) is 0 Å². The van der Waals surface area contributed by atoms with Gasteiger partial charge in [-0.3, -0.25) is 4.79 Å². The number of aromatic hydroxyl groups is 1. The number of aryl methyl sites for hydroxylation is 1. The van der Waals surface area contributed by atoms with Crippen LogP contribution in [0.4, 0.5) is 23.2 Å². The summed E-state index contributed by atoms with van der Waals surface area (Å²) in [6, 6.07) is 4.59. The van der Waals surface area contributed by atoms with Gasteiger partial charge < -0.3 is 15.5 Å². The molecule has 2 unspecified atom stereocenters. The second kappa shape index (κ2) is 7.33. The van der Waals surface area contributed by atoms with Gasteiger partial charge >= 0.3 is 6.18 Å². The molecule has 0 radical (unpaired) electrons. The second-order valence-electron chi connectivity index (χ2n) is 7.69. The van der Waals surface area contributed by atoms with Crippen LogP contribution in [0, 0.1) is 5.82 Å². The number of rotatable bonds is 2. The Bertz CT molecular complexity index is 1320. The van der Waals surface area contributed by atoms with E-state index in [-0.39, 0.29) is 33.2 Å². The van der Waals surface area contributed by atoms with Crippen LogP contribution in [0.1, 0.15) is 30.5 Å². The normalized spacial score (nSPS) is 22.2. The maximum absolute atomic E-state index is 14.2. The third-order valence-corrected chi connectivity index (χ3v) is 5.86. The SMILES string of the molecule is C/C=C1/CC(O)(C(F)(F)F)C(Nc2cccc3c(=O)n(C)ncc23)c2ccc(F)c(O)c21. The van der Waals surface area contributed by atoms with Crippen molar-refractivity contribution in [3.63, 3.8) is 0 Å². The number of alkyl halides is 3. The number of benzene rings is 2. The third-order valence-electron chi connectivity index (χ3n) is 5.86. The standard InChI is InChI=1S/C22H19F4N3O3/c1-3-11-9-21(32,22(24,25)26)19(13-7-8-15(23)18(30)17(11)13)28-16-6-4-5-12-14(16)10-27-29(2)20(12)31/h3-8,10,19,28,30,32H,9H2,1-2H3/b11-3-. The molecule has 0 aliphatic heterocycles. The van der Waals surface area contributed by atoms with Crippen molar-refractivity contribution in [3.05, 3.63) is 69.9 Å². The van der Waals surface area contributed by atoms with Crippen LogP contribution in [-0.2, 0) is 7.05 Å². The fourth-order valence-electron chi connectivity index (χ4n) is 4.15. The maximum Gasteiger partial charge on any atom is 0.419 e. The number of nitrogens with zero attached hydrogens (tertiary/aromatic N) is 2. The number of fused-ring (bicyclic) bond motifs is 2. The molecule has 168 valence electrons. The lowest BCUT2D eigenvalue weighted by Gasteiger charge is -2.44. The first kappa shape index (κ1) is 21.8. The van der Waals surface area contributed by atoms with E-state index in [0.717, 1.165) is 16.8 Å². The lowest BCUT2D eigenvalue weighted by molar-refractivity contribution is -0.265. The van der Waals surface area contributed by atoms with Gasteiger partial charge in [0, 0.05) is 30.1 Å². The molecule has 32 heavy (non-hydrogen) atoms. The van der Waals surface area contributed by atoms with Crippen molar-refractivity contribution >= 4 is 22.0 Å². The third kappa shape index (κ3) is 3.13. The summed E-state index contributed by atoms with van der Waals surface area (Å²) in [6.07, 6.45) is -3.34. The molecule has 0 bridgehead atoms. The van der Waals surface area contributed by atoms with Gasteiger partial charge in [-0.15, -0.1) is 0 Å². The van der Waals surface area contributed by atoms with Crippen LogP contribution < -0.4 is 10.9 Å². The van der Waals surface area contributed by atoms with Crippen LogP contribution >= 0.6 is 0 Å². The number of hydrogen-bond donors (Lipinski definition) is 3. The highest BCUT2D eigenvalue weighted by atomic mass is 19.4. The zero-order valence-electron chi connectivity index (χ0n) is 17.0. The molecule has 1 aliphatic carbocycles. The van der Waals surface area contributed by atoms with Crippen LogP contribution in [-0.4, -0.2) is 31.8 Å². The van der Waals surface area contributed by atoms with Gasteiger partial charge in [0.1, 0.15) is 0 Å². The topological polar surface area (TPSA) is 87.4 Å². The van der Waals surface area contributed by atoms with E-state index in [9.17, 15) is 32.6 Å². The number of halogens is 4. The lowest BCUT2D eigenvalue weighted by Crippen LogP contribution is -2.54. The molecule has 3 N–H and O–H groups in total. The number of aromatic nitrogens is 2. The molecule has 6 nitrogen and oxygen atoms in total. The van der Waals surface area contributed by atoms with E-state index in [0.29, 0.717) is 0 Å². The van der Waals surface area contributed by atoms with Gasteiger partial charge in [0.15, 0.2) is 17.2 Å². The number of hydrogen-bond acceptors (Lipinski definition) is 5. The Morgan fingerprint density at radius 2 is 1.97 bits per heavy atom. The molecule has 1 aliphatic rings. The summed E-state index contributed by atoms with van der Waals surface area (Å²) in [5.74, 6) is -1.78. The van der Waals surface area contributed by atoms with Gasteiger partial charge in [0.2, 0.25) is 0 Å². The Morgan fingerprint density at radius 3 is 2.62 bits per heavy atom.